The maximum atomic E-state index is 13.6. The van der Waals surface area contributed by atoms with E-state index in [-0.39, 0.29) is 12.2 Å². The lowest BCUT2D eigenvalue weighted by Crippen LogP contribution is -2.06. The quantitative estimate of drug-likeness (QED) is 0.814. The lowest BCUT2D eigenvalue weighted by Gasteiger charge is -2.10. The second kappa shape index (κ2) is 6.41. The van der Waals surface area contributed by atoms with Gasteiger partial charge in [-0.3, -0.25) is 0 Å². The highest BCUT2D eigenvalue weighted by molar-refractivity contribution is 9.10. The largest absolute Gasteiger partial charge is 0.478 e. The van der Waals surface area contributed by atoms with Crippen molar-refractivity contribution < 1.29 is 18.7 Å². The van der Waals surface area contributed by atoms with Gasteiger partial charge >= 0.3 is 5.97 Å². The maximum absolute atomic E-state index is 13.6. The minimum Gasteiger partial charge on any atom is -0.478 e. The summed E-state index contributed by atoms with van der Waals surface area (Å²) in [7, 11) is 0. The highest BCUT2D eigenvalue weighted by Crippen LogP contribution is 2.24. The molecular formula is C14H9BrClF2NO2. The van der Waals surface area contributed by atoms with Crippen molar-refractivity contribution >= 4 is 39.2 Å². The summed E-state index contributed by atoms with van der Waals surface area (Å²) in [6, 6.07) is 6.65. The van der Waals surface area contributed by atoms with Crippen LogP contribution in [0, 0.1) is 11.6 Å². The predicted octanol–water partition coefficient (Wildman–Crippen LogP) is 4.69. The lowest BCUT2D eigenvalue weighted by molar-refractivity contribution is 0.0692. The molecule has 0 spiro atoms. The Bertz CT molecular complexity index is 710. The molecule has 0 aliphatic carbocycles. The zero-order valence-electron chi connectivity index (χ0n) is 10.5. The van der Waals surface area contributed by atoms with Crippen LogP contribution in [0.2, 0.25) is 5.02 Å². The Hall–Kier alpha value is -1.66. The van der Waals surface area contributed by atoms with Crippen LogP contribution < -0.4 is 5.32 Å². The summed E-state index contributed by atoms with van der Waals surface area (Å²) in [5.41, 5.74) is 0.0874. The topological polar surface area (TPSA) is 49.3 Å². The fraction of sp³-hybridized carbons (Fsp3) is 0.0714. The normalized spacial score (nSPS) is 10.5. The van der Waals surface area contributed by atoms with Gasteiger partial charge in [0.05, 0.1) is 16.3 Å². The summed E-state index contributed by atoms with van der Waals surface area (Å²) in [6.07, 6.45) is 0. The predicted molar refractivity (Wildman–Crippen MR) is 79.8 cm³/mol. The van der Waals surface area contributed by atoms with Gasteiger partial charge < -0.3 is 10.4 Å². The van der Waals surface area contributed by atoms with Crippen LogP contribution in [0.3, 0.4) is 0 Å². The second-order valence-electron chi connectivity index (χ2n) is 4.22. The molecule has 7 heteroatoms. The average Bonchev–Trinajstić information content (AvgIpc) is 2.41. The number of aromatic carboxylic acids is 1. The van der Waals surface area contributed by atoms with E-state index < -0.39 is 23.2 Å². The monoisotopic (exact) mass is 375 g/mol. The van der Waals surface area contributed by atoms with Crippen molar-refractivity contribution in [3.63, 3.8) is 0 Å². The van der Waals surface area contributed by atoms with Crippen molar-refractivity contribution in [1.29, 1.82) is 0 Å². The molecule has 0 aliphatic rings. The Kier molecular flexibility index (Phi) is 4.80. The molecule has 2 N–H and O–H groups in total. The molecule has 0 saturated heterocycles. The molecule has 0 aliphatic heterocycles. The summed E-state index contributed by atoms with van der Waals surface area (Å²) in [6.45, 7) is 0.217. The first-order valence-electron chi connectivity index (χ1n) is 5.78. The number of halogens is 4. The van der Waals surface area contributed by atoms with E-state index in [9.17, 15) is 13.6 Å². The SMILES string of the molecule is O=C(O)c1cc(NCc2ccc(Br)c(Cl)c2)c(F)cc1F. The van der Waals surface area contributed by atoms with Crippen LogP contribution in [0.15, 0.2) is 34.8 Å². The van der Waals surface area contributed by atoms with Crippen LogP contribution >= 0.6 is 27.5 Å². The van der Waals surface area contributed by atoms with E-state index in [2.05, 4.69) is 21.2 Å². The third-order valence-corrected chi connectivity index (χ3v) is 3.99. The van der Waals surface area contributed by atoms with E-state index in [0.717, 1.165) is 16.1 Å². The molecule has 0 radical (unpaired) electrons. The molecule has 2 aromatic carbocycles. The minimum absolute atomic E-state index is 0.0900. The molecule has 0 unspecified atom stereocenters. The Morgan fingerprint density at radius 1 is 1.24 bits per heavy atom. The zero-order chi connectivity index (χ0) is 15.6. The number of hydrogen-bond acceptors (Lipinski definition) is 2. The van der Waals surface area contributed by atoms with Crippen LogP contribution in [0.4, 0.5) is 14.5 Å². The Morgan fingerprint density at radius 3 is 2.57 bits per heavy atom. The third kappa shape index (κ3) is 3.71. The lowest BCUT2D eigenvalue weighted by atomic mass is 10.1. The van der Waals surface area contributed by atoms with Crippen molar-refractivity contribution in [3.05, 3.63) is 62.6 Å². The van der Waals surface area contributed by atoms with Crippen LogP contribution in [-0.4, -0.2) is 11.1 Å². The molecule has 0 bridgehead atoms. The average molecular weight is 377 g/mol. The van der Waals surface area contributed by atoms with Gasteiger partial charge in [-0.25, -0.2) is 13.6 Å². The minimum atomic E-state index is -1.46. The number of carboxylic acid groups (broad SMARTS) is 1. The smallest absolute Gasteiger partial charge is 0.338 e. The number of rotatable bonds is 4. The molecule has 0 fully saturated rings. The van der Waals surface area contributed by atoms with Gasteiger partial charge in [0.2, 0.25) is 0 Å². The molecule has 2 rings (SSSR count). The number of carbonyl (C=O) groups is 1. The summed E-state index contributed by atoms with van der Waals surface area (Å²) < 4.78 is 27.6. The summed E-state index contributed by atoms with van der Waals surface area (Å²) in [5, 5.41) is 12.0. The fourth-order valence-electron chi connectivity index (χ4n) is 1.70. The van der Waals surface area contributed by atoms with E-state index in [1.807, 2.05) is 0 Å². The maximum Gasteiger partial charge on any atom is 0.338 e. The van der Waals surface area contributed by atoms with Gasteiger partial charge in [0.1, 0.15) is 11.6 Å². The summed E-state index contributed by atoms with van der Waals surface area (Å²) in [5.74, 6) is -3.43. The highest BCUT2D eigenvalue weighted by atomic mass is 79.9. The van der Waals surface area contributed by atoms with Crippen molar-refractivity contribution in [2.75, 3.05) is 5.32 Å². The first-order chi connectivity index (χ1) is 9.88. The number of anilines is 1. The standard InChI is InChI=1S/C14H9BrClF2NO2/c15-9-2-1-7(3-10(9)16)6-19-13-4-8(14(20)21)11(17)5-12(13)18/h1-5,19H,6H2,(H,20,21). The van der Waals surface area contributed by atoms with Gasteiger partial charge in [0.25, 0.3) is 0 Å². The molecule has 0 saturated carbocycles. The van der Waals surface area contributed by atoms with E-state index in [0.29, 0.717) is 11.1 Å². The molecule has 0 aromatic heterocycles. The molecular weight excluding hydrogens is 368 g/mol. The molecule has 0 atom stereocenters. The Balaban J connectivity index is 2.21. The van der Waals surface area contributed by atoms with Crippen LogP contribution in [0.5, 0.6) is 0 Å². The third-order valence-electron chi connectivity index (χ3n) is 2.75. The van der Waals surface area contributed by atoms with E-state index in [4.69, 9.17) is 16.7 Å². The number of nitrogens with one attached hydrogen (secondary N) is 1. The summed E-state index contributed by atoms with van der Waals surface area (Å²) in [4.78, 5) is 10.8. The summed E-state index contributed by atoms with van der Waals surface area (Å²) >= 11 is 9.19. The van der Waals surface area contributed by atoms with E-state index in [1.54, 1.807) is 18.2 Å². The number of benzene rings is 2. The second-order valence-corrected chi connectivity index (χ2v) is 5.48. The van der Waals surface area contributed by atoms with Crippen LogP contribution in [0.25, 0.3) is 0 Å². The Labute approximate surface area is 132 Å². The Morgan fingerprint density at radius 2 is 1.95 bits per heavy atom. The fourth-order valence-corrected chi connectivity index (χ4v) is 2.14. The first-order valence-corrected chi connectivity index (χ1v) is 6.95. The van der Waals surface area contributed by atoms with Crippen LogP contribution in [-0.2, 0) is 6.54 Å². The van der Waals surface area contributed by atoms with Crippen molar-refractivity contribution in [2.45, 2.75) is 6.54 Å². The van der Waals surface area contributed by atoms with Gasteiger partial charge in [-0.05, 0) is 39.7 Å². The van der Waals surface area contributed by atoms with Gasteiger partial charge in [-0.2, -0.15) is 0 Å². The zero-order valence-corrected chi connectivity index (χ0v) is 12.8. The van der Waals surface area contributed by atoms with Gasteiger partial charge in [-0.1, -0.05) is 17.7 Å². The van der Waals surface area contributed by atoms with E-state index in [1.165, 1.54) is 0 Å². The van der Waals surface area contributed by atoms with Crippen molar-refractivity contribution in [2.24, 2.45) is 0 Å². The van der Waals surface area contributed by atoms with Crippen molar-refractivity contribution in [1.82, 2.24) is 0 Å². The van der Waals surface area contributed by atoms with Gasteiger partial charge in [-0.15, -0.1) is 0 Å². The van der Waals surface area contributed by atoms with Gasteiger partial charge in [0.15, 0.2) is 0 Å². The molecule has 0 amide bonds. The molecule has 0 heterocycles. The number of hydrogen-bond donors (Lipinski definition) is 2. The number of carboxylic acids is 1. The molecule has 2 aromatic rings. The highest BCUT2D eigenvalue weighted by Gasteiger charge is 2.15. The first kappa shape index (κ1) is 15.7. The van der Waals surface area contributed by atoms with Gasteiger partial charge in [0, 0.05) is 17.1 Å². The van der Waals surface area contributed by atoms with Crippen LogP contribution in [0.1, 0.15) is 15.9 Å². The van der Waals surface area contributed by atoms with E-state index >= 15 is 0 Å². The molecule has 3 nitrogen and oxygen atoms in total. The molecule has 110 valence electrons. The molecule has 21 heavy (non-hydrogen) atoms. The van der Waals surface area contributed by atoms with Crippen molar-refractivity contribution in [3.8, 4) is 0 Å².